The van der Waals surface area contributed by atoms with Crippen LogP contribution in [0.5, 0.6) is 5.88 Å². The Morgan fingerprint density at radius 1 is 1.25 bits per heavy atom. The summed E-state index contributed by atoms with van der Waals surface area (Å²) in [6, 6.07) is 6.03. The summed E-state index contributed by atoms with van der Waals surface area (Å²) in [7, 11) is 0. The molecule has 2 aliphatic heterocycles. The number of nitrogens with zero attached hydrogens (tertiary/aromatic N) is 3. The van der Waals surface area contributed by atoms with Crippen LogP contribution in [-0.2, 0) is 4.74 Å². The molecule has 0 radical (unpaired) electrons. The van der Waals surface area contributed by atoms with Crippen molar-refractivity contribution in [2.45, 2.75) is 12.8 Å². The molecule has 2 fully saturated rings. The smallest absolute Gasteiger partial charge is 0.224 e. The number of pyridine rings is 2. The fourth-order valence-electron chi connectivity index (χ4n) is 3.34. The largest absolute Gasteiger partial charge is 0.477 e. The molecule has 128 valence electrons. The van der Waals surface area contributed by atoms with Crippen LogP contribution < -0.4 is 15.0 Å². The van der Waals surface area contributed by atoms with Crippen LogP contribution in [-0.4, -0.2) is 56.0 Å². The van der Waals surface area contributed by atoms with Crippen molar-refractivity contribution in [1.29, 1.82) is 0 Å². The van der Waals surface area contributed by atoms with Gasteiger partial charge in [-0.1, -0.05) is 0 Å². The van der Waals surface area contributed by atoms with Crippen LogP contribution in [0.25, 0.3) is 10.9 Å². The summed E-state index contributed by atoms with van der Waals surface area (Å²) >= 11 is 0. The van der Waals surface area contributed by atoms with E-state index >= 15 is 0 Å². The van der Waals surface area contributed by atoms with E-state index in [1.54, 1.807) is 0 Å². The third kappa shape index (κ3) is 3.44. The van der Waals surface area contributed by atoms with Crippen LogP contribution in [0.1, 0.15) is 12.8 Å². The van der Waals surface area contributed by atoms with E-state index in [1.165, 1.54) is 12.8 Å². The van der Waals surface area contributed by atoms with Crippen LogP contribution in [0.3, 0.4) is 0 Å². The number of nitrogens with one attached hydrogen (secondary N) is 1. The van der Waals surface area contributed by atoms with E-state index in [1.807, 2.05) is 18.3 Å². The second-order valence-electron chi connectivity index (χ2n) is 6.46. The molecule has 24 heavy (non-hydrogen) atoms. The summed E-state index contributed by atoms with van der Waals surface area (Å²) in [4.78, 5) is 11.6. The summed E-state index contributed by atoms with van der Waals surface area (Å²) in [6.45, 7) is 6.10. The van der Waals surface area contributed by atoms with E-state index in [-0.39, 0.29) is 0 Å². The molecule has 0 aliphatic carbocycles. The molecule has 0 saturated carbocycles. The first kappa shape index (κ1) is 15.6. The fraction of sp³-hybridized carbons (Fsp3) is 0.556. The molecule has 2 aromatic rings. The van der Waals surface area contributed by atoms with Crippen molar-refractivity contribution >= 4 is 16.7 Å². The maximum Gasteiger partial charge on any atom is 0.224 e. The minimum Gasteiger partial charge on any atom is -0.477 e. The molecule has 2 saturated heterocycles. The number of morpholine rings is 1. The van der Waals surface area contributed by atoms with Crippen molar-refractivity contribution in [3.63, 3.8) is 0 Å². The zero-order chi connectivity index (χ0) is 16.2. The first-order chi connectivity index (χ1) is 11.9. The zero-order valence-electron chi connectivity index (χ0n) is 13.9. The molecule has 6 heteroatoms. The molecule has 0 aromatic carbocycles. The number of ether oxygens (including phenoxy) is 2. The van der Waals surface area contributed by atoms with Gasteiger partial charge in [-0.2, -0.15) is 4.98 Å². The third-order valence-corrected chi connectivity index (χ3v) is 4.80. The maximum atomic E-state index is 6.15. The van der Waals surface area contributed by atoms with Gasteiger partial charge in [-0.25, -0.2) is 0 Å². The zero-order valence-corrected chi connectivity index (χ0v) is 13.9. The maximum absolute atomic E-state index is 6.15. The Bertz CT molecular complexity index is 682. The monoisotopic (exact) mass is 328 g/mol. The summed E-state index contributed by atoms with van der Waals surface area (Å²) in [5.41, 5.74) is 0.939. The average molecular weight is 328 g/mol. The number of hydrogen-bond acceptors (Lipinski definition) is 6. The Morgan fingerprint density at radius 2 is 2.08 bits per heavy atom. The quantitative estimate of drug-likeness (QED) is 0.924. The van der Waals surface area contributed by atoms with Gasteiger partial charge in [0.15, 0.2) is 0 Å². The number of aromatic nitrogens is 2. The molecule has 2 aromatic heterocycles. The second kappa shape index (κ2) is 7.32. The lowest BCUT2D eigenvalue weighted by atomic mass is 9.99. The van der Waals surface area contributed by atoms with Crippen molar-refractivity contribution in [2.75, 3.05) is 50.9 Å². The molecule has 4 rings (SSSR count). The van der Waals surface area contributed by atoms with Crippen LogP contribution in [0, 0.1) is 5.92 Å². The van der Waals surface area contributed by atoms with Crippen LogP contribution >= 0.6 is 0 Å². The normalized spacial score (nSPS) is 19.6. The van der Waals surface area contributed by atoms with E-state index in [9.17, 15) is 0 Å². The molecular formula is C18H24N4O2. The molecule has 2 aliphatic rings. The van der Waals surface area contributed by atoms with E-state index in [4.69, 9.17) is 14.5 Å². The lowest BCUT2D eigenvalue weighted by Gasteiger charge is -2.28. The van der Waals surface area contributed by atoms with Crippen LogP contribution in [0.4, 0.5) is 5.82 Å². The van der Waals surface area contributed by atoms with Crippen molar-refractivity contribution in [3.05, 3.63) is 24.4 Å². The SMILES string of the molecule is c1cnc2cc(N3CCOCC3)nc(OCC3CCNCC3)c2c1. The minimum absolute atomic E-state index is 0.604. The Balaban J connectivity index is 1.59. The number of rotatable bonds is 4. The van der Waals surface area contributed by atoms with E-state index in [0.717, 1.165) is 62.7 Å². The van der Waals surface area contributed by atoms with Crippen LogP contribution in [0.2, 0.25) is 0 Å². The fourth-order valence-corrected chi connectivity index (χ4v) is 3.34. The number of hydrogen-bond donors (Lipinski definition) is 1. The molecule has 0 unspecified atom stereocenters. The molecule has 0 amide bonds. The molecule has 0 bridgehead atoms. The van der Waals surface area contributed by atoms with Gasteiger partial charge in [-0.15, -0.1) is 0 Å². The van der Waals surface area contributed by atoms with Gasteiger partial charge in [0.25, 0.3) is 0 Å². The number of fused-ring (bicyclic) bond motifs is 1. The predicted molar refractivity (Wildman–Crippen MR) is 93.7 cm³/mol. The van der Waals surface area contributed by atoms with Crippen molar-refractivity contribution < 1.29 is 9.47 Å². The highest BCUT2D eigenvalue weighted by Gasteiger charge is 2.18. The van der Waals surface area contributed by atoms with E-state index in [0.29, 0.717) is 11.8 Å². The van der Waals surface area contributed by atoms with Crippen LogP contribution in [0.15, 0.2) is 24.4 Å². The predicted octanol–water partition coefficient (Wildman–Crippen LogP) is 1.84. The third-order valence-electron chi connectivity index (χ3n) is 4.80. The molecule has 0 atom stereocenters. The molecule has 4 heterocycles. The van der Waals surface area contributed by atoms with Gasteiger partial charge in [0.2, 0.25) is 5.88 Å². The Labute approximate surface area is 142 Å². The Morgan fingerprint density at radius 3 is 2.92 bits per heavy atom. The van der Waals surface area contributed by atoms with E-state index < -0.39 is 0 Å². The summed E-state index contributed by atoms with van der Waals surface area (Å²) < 4.78 is 11.6. The molecule has 0 spiro atoms. The van der Waals surface area contributed by atoms with E-state index in [2.05, 4.69) is 21.3 Å². The second-order valence-corrected chi connectivity index (χ2v) is 6.46. The average Bonchev–Trinajstić information content (AvgIpc) is 2.67. The molecular weight excluding hydrogens is 304 g/mol. The van der Waals surface area contributed by atoms with Crippen molar-refractivity contribution in [3.8, 4) is 5.88 Å². The van der Waals surface area contributed by atoms with Gasteiger partial charge in [0, 0.05) is 25.4 Å². The standard InChI is InChI=1S/C18H24N4O2/c1-2-15-16(20-5-1)12-17(22-8-10-23-11-9-22)21-18(15)24-13-14-3-6-19-7-4-14/h1-2,5,12,14,19H,3-4,6-11,13H2. The highest BCUT2D eigenvalue weighted by molar-refractivity contribution is 5.85. The highest BCUT2D eigenvalue weighted by atomic mass is 16.5. The lowest BCUT2D eigenvalue weighted by molar-refractivity contribution is 0.122. The van der Waals surface area contributed by atoms with Gasteiger partial charge in [0.1, 0.15) is 5.82 Å². The Hall–Kier alpha value is -1.92. The number of piperidine rings is 1. The summed E-state index contributed by atoms with van der Waals surface area (Å²) in [5, 5.41) is 4.38. The van der Waals surface area contributed by atoms with Gasteiger partial charge in [-0.3, -0.25) is 4.98 Å². The van der Waals surface area contributed by atoms with Gasteiger partial charge in [-0.05, 0) is 44.0 Å². The summed E-state index contributed by atoms with van der Waals surface area (Å²) in [6.07, 6.45) is 4.15. The molecule has 1 N–H and O–H groups in total. The van der Waals surface area contributed by atoms with Gasteiger partial charge >= 0.3 is 0 Å². The first-order valence-electron chi connectivity index (χ1n) is 8.82. The highest BCUT2D eigenvalue weighted by Crippen LogP contribution is 2.28. The lowest BCUT2D eigenvalue weighted by Crippen LogP contribution is -2.36. The molecule has 6 nitrogen and oxygen atoms in total. The number of anilines is 1. The Kier molecular flexibility index (Phi) is 4.76. The topological polar surface area (TPSA) is 59.5 Å². The first-order valence-corrected chi connectivity index (χ1v) is 8.82. The summed E-state index contributed by atoms with van der Waals surface area (Å²) in [5.74, 6) is 2.25. The van der Waals surface area contributed by atoms with Gasteiger partial charge in [0.05, 0.1) is 30.7 Å². The van der Waals surface area contributed by atoms with Crippen molar-refractivity contribution in [1.82, 2.24) is 15.3 Å². The minimum atomic E-state index is 0.604. The van der Waals surface area contributed by atoms with Crippen molar-refractivity contribution in [2.24, 2.45) is 5.92 Å². The van der Waals surface area contributed by atoms with Gasteiger partial charge < -0.3 is 19.7 Å².